The number of hydrogen-bond acceptors (Lipinski definition) is 8. The summed E-state index contributed by atoms with van der Waals surface area (Å²) in [5, 5.41) is 1.96. The standard InChI is InChI=1S/C33H34F3N5O3S/c34-33(35,36)31-30(44-32(38-31)41-15-11-25(12-16-41)24-6-2-1-3-7-24)27(42)20-23-9-10-28(37-22-23)39-13-5-14-40(18-17-39)29(43)21-26-8-4-19-45-26/h1-4,6-10,19,22,25H,5,11-18,20-21H2. The molecular weight excluding hydrogens is 603 g/mol. The van der Waals surface area contributed by atoms with Gasteiger partial charge in [-0.2, -0.15) is 18.2 Å². The molecule has 1 aromatic carbocycles. The number of pyridine rings is 1. The van der Waals surface area contributed by atoms with Crippen molar-refractivity contribution in [1.82, 2.24) is 14.9 Å². The van der Waals surface area contributed by atoms with Gasteiger partial charge in [0.2, 0.25) is 17.5 Å². The lowest BCUT2D eigenvalue weighted by molar-refractivity contribution is -0.141. The summed E-state index contributed by atoms with van der Waals surface area (Å²) >= 11 is 1.57. The number of piperidine rings is 1. The van der Waals surface area contributed by atoms with Crippen molar-refractivity contribution in [2.75, 3.05) is 49.1 Å². The van der Waals surface area contributed by atoms with Crippen LogP contribution in [0.4, 0.5) is 25.0 Å². The van der Waals surface area contributed by atoms with Crippen LogP contribution in [0, 0.1) is 0 Å². The zero-order valence-electron chi connectivity index (χ0n) is 24.7. The number of ketones is 1. The second-order valence-corrected chi connectivity index (χ2v) is 12.5. The molecule has 0 unspecified atom stereocenters. The average Bonchev–Trinajstić information content (AvgIpc) is 3.67. The van der Waals surface area contributed by atoms with Crippen molar-refractivity contribution < 1.29 is 27.2 Å². The summed E-state index contributed by atoms with van der Waals surface area (Å²) in [5.74, 6) is -0.471. The molecule has 0 bridgehead atoms. The minimum atomic E-state index is -4.83. The van der Waals surface area contributed by atoms with E-state index in [1.54, 1.807) is 28.4 Å². The first-order valence-electron chi connectivity index (χ1n) is 15.2. The van der Waals surface area contributed by atoms with E-state index in [9.17, 15) is 22.8 Å². The number of rotatable bonds is 8. The molecule has 4 aromatic rings. The average molecular weight is 638 g/mol. The molecular formula is C33H34F3N5O3S. The summed E-state index contributed by atoms with van der Waals surface area (Å²) in [5.41, 5.74) is 0.384. The lowest BCUT2D eigenvalue weighted by atomic mass is 9.90. The summed E-state index contributed by atoms with van der Waals surface area (Å²) < 4.78 is 47.4. The molecule has 1 amide bonds. The predicted molar refractivity (Wildman–Crippen MR) is 166 cm³/mol. The molecule has 0 atom stereocenters. The highest BCUT2D eigenvalue weighted by Crippen LogP contribution is 2.36. The first-order chi connectivity index (χ1) is 21.7. The molecule has 2 aliphatic rings. The lowest BCUT2D eigenvalue weighted by Crippen LogP contribution is -2.36. The van der Waals surface area contributed by atoms with E-state index in [1.807, 2.05) is 40.6 Å². The van der Waals surface area contributed by atoms with Crippen LogP contribution in [-0.4, -0.2) is 65.8 Å². The Hall–Kier alpha value is -4.19. The highest BCUT2D eigenvalue weighted by Gasteiger charge is 2.42. The van der Waals surface area contributed by atoms with Gasteiger partial charge >= 0.3 is 6.18 Å². The SMILES string of the molecule is O=C(Cc1ccc(N2CCCN(C(=O)Cc3cccs3)CC2)nc1)c1oc(N2CCC(c3ccccc3)CC2)nc1C(F)(F)F. The third-order valence-electron chi connectivity index (χ3n) is 8.43. The maximum atomic E-state index is 13.9. The lowest BCUT2D eigenvalue weighted by Gasteiger charge is -2.31. The van der Waals surface area contributed by atoms with Crippen molar-refractivity contribution >= 4 is 34.9 Å². The highest BCUT2D eigenvalue weighted by atomic mass is 32.1. The number of Topliss-reactive ketones (excluding diaryl/α,β-unsaturated/α-hetero) is 1. The van der Waals surface area contributed by atoms with Gasteiger partial charge in [-0.15, -0.1) is 11.3 Å². The Labute approximate surface area is 263 Å². The van der Waals surface area contributed by atoms with Crippen molar-refractivity contribution in [2.45, 2.75) is 44.2 Å². The van der Waals surface area contributed by atoms with Gasteiger partial charge in [-0.3, -0.25) is 9.59 Å². The first kappa shape index (κ1) is 30.8. The molecule has 8 nitrogen and oxygen atoms in total. The van der Waals surface area contributed by atoms with Gasteiger partial charge < -0.3 is 19.1 Å². The van der Waals surface area contributed by atoms with Crippen LogP contribution in [0.1, 0.15) is 57.4 Å². The Bertz CT molecular complexity index is 1580. The maximum absolute atomic E-state index is 13.9. The fraction of sp³-hybridized carbons (Fsp3) is 0.394. The Morgan fingerprint density at radius 2 is 1.69 bits per heavy atom. The fourth-order valence-electron chi connectivity index (χ4n) is 6.00. The third-order valence-corrected chi connectivity index (χ3v) is 9.30. The molecule has 3 aromatic heterocycles. The number of halogens is 3. The summed E-state index contributed by atoms with van der Waals surface area (Å²) in [4.78, 5) is 40.8. The van der Waals surface area contributed by atoms with E-state index in [1.165, 1.54) is 11.8 Å². The number of oxazole rings is 1. The van der Waals surface area contributed by atoms with Crippen LogP contribution < -0.4 is 9.80 Å². The van der Waals surface area contributed by atoms with Crippen LogP contribution in [0.5, 0.6) is 0 Å². The molecule has 2 aliphatic heterocycles. The van der Waals surface area contributed by atoms with Crippen LogP contribution in [-0.2, 0) is 23.8 Å². The van der Waals surface area contributed by atoms with Gasteiger partial charge in [-0.25, -0.2) is 4.98 Å². The Morgan fingerprint density at radius 1 is 0.889 bits per heavy atom. The van der Waals surface area contributed by atoms with E-state index in [-0.39, 0.29) is 18.3 Å². The summed E-state index contributed by atoms with van der Waals surface area (Å²) in [6.07, 6.45) is -0.943. The number of nitrogens with zero attached hydrogens (tertiary/aromatic N) is 5. The summed E-state index contributed by atoms with van der Waals surface area (Å²) in [6, 6.07) is 17.2. The quantitative estimate of drug-likeness (QED) is 0.212. The molecule has 12 heteroatoms. The molecule has 5 heterocycles. The number of carbonyl (C=O) groups excluding carboxylic acids is 2. The van der Waals surface area contributed by atoms with Crippen LogP contribution in [0.2, 0.25) is 0 Å². The van der Waals surface area contributed by atoms with E-state index < -0.39 is 23.4 Å². The number of carbonyl (C=O) groups is 2. The molecule has 0 spiro atoms. The largest absolute Gasteiger partial charge is 0.437 e. The Kier molecular flexibility index (Phi) is 9.20. The first-order valence-corrected chi connectivity index (χ1v) is 16.0. The topological polar surface area (TPSA) is 82.8 Å². The van der Waals surface area contributed by atoms with Gasteiger partial charge in [0.05, 0.1) is 6.42 Å². The summed E-state index contributed by atoms with van der Waals surface area (Å²) in [7, 11) is 0. The third kappa shape index (κ3) is 7.38. The van der Waals surface area contributed by atoms with E-state index in [4.69, 9.17) is 4.42 Å². The van der Waals surface area contributed by atoms with E-state index in [2.05, 4.69) is 27.0 Å². The second-order valence-electron chi connectivity index (χ2n) is 11.4. The minimum absolute atomic E-state index is 0.103. The molecule has 0 N–H and O–H groups in total. The van der Waals surface area contributed by atoms with Crippen molar-refractivity contribution in [1.29, 1.82) is 0 Å². The second kappa shape index (κ2) is 13.4. The number of hydrogen-bond donors (Lipinski definition) is 0. The van der Waals surface area contributed by atoms with Crippen molar-refractivity contribution in [3.05, 3.63) is 93.6 Å². The van der Waals surface area contributed by atoms with E-state index in [0.717, 1.165) is 24.1 Å². The maximum Gasteiger partial charge on any atom is 0.437 e. The predicted octanol–water partition coefficient (Wildman–Crippen LogP) is 6.24. The smallest absolute Gasteiger partial charge is 0.420 e. The normalized spacial score (nSPS) is 16.6. The van der Waals surface area contributed by atoms with Crippen LogP contribution in [0.15, 0.2) is 70.6 Å². The number of benzene rings is 1. The number of thiophene rings is 1. The molecule has 0 saturated carbocycles. The number of aromatic nitrogens is 2. The monoisotopic (exact) mass is 637 g/mol. The van der Waals surface area contributed by atoms with E-state index in [0.29, 0.717) is 63.0 Å². The van der Waals surface area contributed by atoms with Crippen molar-refractivity contribution in [3.8, 4) is 0 Å². The highest BCUT2D eigenvalue weighted by molar-refractivity contribution is 7.10. The van der Waals surface area contributed by atoms with Gasteiger partial charge in [-0.1, -0.05) is 42.5 Å². The number of amides is 1. The molecule has 0 radical (unpaired) electrons. The zero-order chi connectivity index (χ0) is 31.4. The number of anilines is 2. The van der Waals surface area contributed by atoms with Gasteiger partial charge in [0, 0.05) is 56.8 Å². The van der Waals surface area contributed by atoms with Gasteiger partial charge in [0.1, 0.15) is 5.82 Å². The van der Waals surface area contributed by atoms with Crippen molar-refractivity contribution in [2.24, 2.45) is 0 Å². The minimum Gasteiger partial charge on any atom is -0.420 e. The fourth-order valence-corrected chi connectivity index (χ4v) is 6.69. The zero-order valence-corrected chi connectivity index (χ0v) is 25.5. The summed E-state index contributed by atoms with van der Waals surface area (Å²) in [6.45, 7) is 3.52. The molecule has 45 heavy (non-hydrogen) atoms. The number of alkyl halides is 3. The Morgan fingerprint density at radius 3 is 2.38 bits per heavy atom. The molecule has 236 valence electrons. The molecule has 2 saturated heterocycles. The Balaban J connectivity index is 1.08. The van der Waals surface area contributed by atoms with Gasteiger partial charge in [0.15, 0.2) is 5.69 Å². The van der Waals surface area contributed by atoms with Crippen molar-refractivity contribution in [3.63, 3.8) is 0 Å². The van der Waals surface area contributed by atoms with Gasteiger partial charge in [0.25, 0.3) is 6.01 Å². The molecule has 0 aliphatic carbocycles. The molecule has 2 fully saturated rings. The van der Waals surface area contributed by atoms with E-state index >= 15 is 0 Å². The van der Waals surface area contributed by atoms with Crippen LogP contribution in [0.3, 0.4) is 0 Å². The van der Waals surface area contributed by atoms with Gasteiger partial charge in [-0.05, 0) is 53.8 Å². The molecule has 6 rings (SSSR count). The van der Waals surface area contributed by atoms with Crippen LogP contribution >= 0.6 is 11.3 Å². The van der Waals surface area contributed by atoms with Crippen LogP contribution in [0.25, 0.3) is 0 Å².